The van der Waals surface area contributed by atoms with Crippen LogP contribution < -0.4 is 0 Å². The van der Waals surface area contributed by atoms with Gasteiger partial charge in [0.25, 0.3) is 0 Å². The summed E-state index contributed by atoms with van der Waals surface area (Å²) in [7, 11) is 1.96. The average Bonchev–Trinajstić information content (AvgIpc) is 2.76. The molecule has 0 unspecified atom stereocenters. The highest BCUT2D eigenvalue weighted by molar-refractivity contribution is 6.00. The van der Waals surface area contributed by atoms with Crippen molar-refractivity contribution in [3.8, 4) is 0 Å². The number of rotatable bonds is 3. The third kappa shape index (κ3) is 2.35. The van der Waals surface area contributed by atoms with Crippen molar-refractivity contribution >= 4 is 16.8 Å². The first-order valence-corrected chi connectivity index (χ1v) is 7.07. The second-order valence-corrected chi connectivity index (χ2v) is 5.44. The first kappa shape index (κ1) is 13.6. The van der Waals surface area contributed by atoms with Crippen molar-refractivity contribution < 1.29 is 4.79 Å². The first-order valence-electron chi connectivity index (χ1n) is 7.07. The van der Waals surface area contributed by atoms with Crippen LogP contribution in [0.2, 0.25) is 0 Å². The van der Waals surface area contributed by atoms with Gasteiger partial charge in [-0.2, -0.15) is 0 Å². The van der Waals surface area contributed by atoms with Gasteiger partial charge in [-0.1, -0.05) is 30.3 Å². The zero-order chi connectivity index (χ0) is 15.0. The van der Waals surface area contributed by atoms with Gasteiger partial charge < -0.3 is 4.57 Å². The smallest absolute Gasteiger partial charge is 0.170 e. The van der Waals surface area contributed by atoms with Crippen molar-refractivity contribution in [2.45, 2.75) is 20.3 Å². The second kappa shape index (κ2) is 5.17. The summed E-state index contributed by atoms with van der Waals surface area (Å²) in [6.45, 7) is 3.96. The highest BCUT2D eigenvalue weighted by atomic mass is 16.1. The molecule has 0 saturated heterocycles. The maximum Gasteiger partial charge on any atom is 0.170 e. The zero-order valence-corrected chi connectivity index (χ0v) is 12.6. The van der Waals surface area contributed by atoms with Crippen LogP contribution in [0.25, 0.3) is 11.0 Å². The molecule has 0 aliphatic rings. The number of fused-ring (bicyclic) bond motifs is 1. The summed E-state index contributed by atoms with van der Waals surface area (Å²) in [5, 5.41) is 0. The van der Waals surface area contributed by atoms with Gasteiger partial charge in [0.15, 0.2) is 5.78 Å². The van der Waals surface area contributed by atoms with Crippen molar-refractivity contribution in [3.63, 3.8) is 0 Å². The fourth-order valence-corrected chi connectivity index (χ4v) is 2.84. The molecule has 1 heterocycles. The third-order valence-corrected chi connectivity index (χ3v) is 3.96. The molecular weight excluding hydrogens is 260 g/mol. The fourth-order valence-electron chi connectivity index (χ4n) is 2.84. The number of para-hydroxylation sites is 2. The number of ketones is 1. The fraction of sp³-hybridized carbons (Fsp3) is 0.222. The topological polar surface area (TPSA) is 34.9 Å². The van der Waals surface area contributed by atoms with Crippen LogP contribution in [-0.2, 0) is 13.5 Å². The summed E-state index contributed by atoms with van der Waals surface area (Å²) in [6, 6.07) is 13.9. The number of hydrogen-bond donors (Lipinski definition) is 0. The van der Waals surface area contributed by atoms with E-state index in [2.05, 4.69) is 4.98 Å². The van der Waals surface area contributed by atoms with Crippen molar-refractivity contribution in [1.29, 1.82) is 0 Å². The van der Waals surface area contributed by atoms with Crippen LogP contribution in [0.3, 0.4) is 0 Å². The second-order valence-electron chi connectivity index (χ2n) is 5.44. The molecule has 0 fully saturated rings. The van der Waals surface area contributed by atoms with E-state index in [4.69, 9.17) is 0 Å². The van der Waals surface area contributed by atoms with E-state index in [0.29, 0.717) is 6.42 Å². The normalized spacial score (nSPS) is 11.0. The molecule has 0 saturated carbocycles. The van der Waals surface area contributed by atoms with Crippen molar-refractivity contribution in [2.24, 2.45) is 7.05 Å². The Hall–Kier alpha value is -2.42. The van der Waals surface area contributed by atoms with Gasteiger partial charge in [-0.25, -0.2) is 4.98 Å². The summed E-state index contributed by atoms with van der Waals surface area (Å²) >= 11 is 0. The molecule has 0 radical (unpaired) electrons. The van der Waals surface area contributed by atoms with Crippen LogP contribution in [0, 0.1) is 13.8 Å². The van der Waals surface area contributed by atoms with Gasteiger partial charge in [0.05, 0.1) is 17.5 Å². The van der Waals surface area contributed by atoms with Crippen molar-refractivity contribution in [3.05, 3.63) is 65.0 Å². The number of nitrogens with zero attached hydrogens (tertiary/aromatic N) is 2. The molecule has 3 nitrogen and oxygen atoms in total. The Morgan fingerprint density at radius 3 is 2.38 bits per heavy atom. The van der Waals surface area contributed by atoms with Gasteiger partial charge in [-0.3, -0.25) is 4.79 Å². The zero-order valence-electron chi connectivity index (χ0n) is 12.6. The minimum absolute atomic E-state index is 0.129. The van der Waals surface area contributed by atoms with Gasteiger partial charge in [0, 0.05) is 12.6 Å². The Morgan fingerprint density at radius 2 is 1.71 bits per heavy atom. The molecule has 0 aliphatic carbocycles. The molecule has 3 heteroatoms. The summed E-state index contributed by atoms with van der Waals surface area (Å²) < 4.78 is 2.00. The number of carbonyl (C=O) groups excluding carboxylic acids is 1. The van der Waals surface area contributed by atoms with Crippen LogP contribution in [0.5, 0.6) is 0 Å². The summed E-state index contributed by atoms with van der Waals surface area (Å²) in [4.78, 5) is 17.2. The molecule has 106 valence electrons. The molecule has 21 heavy (non-hydrogen) atoms. The van der Waals surface area contributed by atoms with Gasteiger partial charge in [-0.15, -0.1) is 0 Å². The highest BCUT2D eigenvalue weighted by Crippen LogP contribution is 2.19. The number of hydrogen-bond acceptors (Lipinski definition) is 2. The lowest BCUT2D eigenvalue weighted by molar-refractivity contribution is 0.0989. The molecule has 0 bridgehead atoms. The van der Waals surface area contributed by atoms with Gasteiger partial charge in [0.1, 0.15) is 5.82 Å². The molecule has 3 aromatic rings. The first-order chi connectivity index (χ1) is 10.1. The number of carbonyl (C=O) groups is 1. The minimum Gasteiger partial charge on any atom is -0.331 e. The number of benzene rings is 2. The average molecular weight is 278 g/mol. The molecule has 0 atom stereocenters. The SMILES string of the molecule is Cc1cccc(C)c1C(=O)Cc1nc2ccccc2n1C. The Balaban J connectivity index is 1.99. The molecule has 0 N–H and O–H groups in total. The Morgan fingerprint density at radius 1 is 1.05 bits per heavy atom. The van der Waals surface area contributed by atoms with E-state index in [1.807, 2.05) is 67.9 Å². The maximum atomic E-state index is 12.6. The number of imidazole rings is 1. The predicted molar refractivity (Wildman–Crippen MR) is 84.7 cm³/mol. The van der Waals surface area contributed by atoms with Gasteiger partial charge in [-0.05, 0) is 37.1 Å². The van der Waals surface area contributed by atoms with Crippen molar-refractivity contribution in [1.82, 2.24) is 9.55 Å². The summed E-state index contributed by atoms with van der Waals surface area (Å²) in [5.74, 6) is 0.938. The third-order valence-electron chi connectivity index (χ3n) is 3.96. The molecular formula is C18H18N2O. The lowest BCUT2D eigenvalue weighted by Crippen LogP contribution is -2.11. The quantitative estimate of drug-likeness (QED) is 0.686. The van der Waals surface area contributed by atoms with Crippen LogP contribution in [0.4, 0.5) is 0 Å². The Kier molecular flexibility index (Phi) is 3.34. The molecule has 0 amide bonds. The Labute approximate surface area is 124 Å². The largest absolute Gasteiger partial charge is 0.331 e. The number of Topliss-reactive ketones (excluding diaryl/α,β-unsaturated/α-hetero) is 1. The lowest BCUT2D eigenvalue weighted by Gasteiger charge is -2.08. The van der Waals surface area contributed by atoms with Crippen LogP contribution in [0.15, 0.2) is 42.5 Å². The lowest BCUT2D eigenvalue weighted by atomic mass is 9.97. The molecule has 1 aromatic heterocycles. The predicted octanol–water partition coefficient (Wildman–Crippen LogP) is 3.62. The monoisotopic (exact) mass is 278 g/mol. The van der Waals surface area contributed by atoms with Crippen LogP contribution in [0.1, 0.15) is 27.3 Å². The Bertz CT molecular complexity index is 810. The van der Waals surface area contributed by atoms with E-state index in [0.717, 1.165) is 33.5 Å². The van der Waals surface area contributed by atoms with Crippen LogP contribution >= 0.6 is 0 Å². The molecule has 3 rings (SSSR count). The van der Waals surface area contributed by atoms with Crippen LogP contribution in [-0.4, -0.2) is 15.3 Å². The van der Waals surface area contributed by atoms with Gasteiger partial charge >= 0.3 is 0 Å². The number of aryl methyl sites for hydroxylation is 3. The summed E-state index contributed by atoms with van der Waals surface area (Å²) in [5.41, 5.74) is 4.87. The van der Waals surface area contributed by atoms with Gasteiger partial charge in [0.2, 0.25) is 0 Å². The van der Waals surface area contributed by atoms with E-state index in [1.165, 1.54) is 0 Å². The number of aromatic nitrogens is 2. The highest BCUT2D eigenvalue weighted by Gasteiger charge is 2.16. The van der Waals surface area contributed by atoms with E-state index in [1.54, 1.807) is 0 Å². The standard InChI is InChI=1S/C18H18N2O/c1-12-7-6-8-13(2)18(12)16(21)11-17-19-14-9-4-5-10-15(14)20(17)3/h4-10H,11H2,1-3H3. The van der Waals surface area contributed by atoms with E-state index >= 15 is 0 Å². The van der Waals surface area contributed by atoms with E-state index in [9.17, 15) is 4.79 Å². The van der Waals surface area contributed by atoms with Crippen molar-refractivity contribution in [2.75, 3.05) is 0 Å². The minimum atomic E-state index is 0.129. The summed E-state index contributed by atoms with van der Waals surface area (Å²) in [6.07, 6.45) is 0.330. The molecule has 0 spiro atoms. The molecule has 0 aliphatic heterocycles. The van der Waals surface area contributed by atoms with E-state index in [-0.39, 0.29) is 5.78 Å². The molecule has 2 aromatic carbocycles. The van der Waals surface area contributed by atoms with E-state index < -0.39 is 0 Å². The maximum absolute atomic E-state index is 12.6.